The molecule has 6 nitrogen and oxygen atoms in total. The summed E-state index contributed by atoms with van der Waals surface area (Å²) in [6.07, 6.45) is 3.35. The van der Waals surface area contributed by atoms with Crippen molar-refractivity contribution in [1.82, 2.24) is 25.1 Å². The molecular formula is C14H12N6. The number of rotatable bonds is 2. The molecule has 0 saturated carbocycles. The highest BCUT2D eigenvalue weighted by Crippen LogP contribution is 2.25. The lowest BCUT2D eigenvalue weighted by Crippen LogP contribution is -1.94. The lowest BCUT2D eigenvalue weighted by molar-refractivity contribution is 1.12. The molecule has 3 aromatic heterocycles. The maximum Gasteiger partial charge on any atom is 0.143 e. The van der Waals surface area contributed by atoms with Crippen LogP contribution in [-0.2, 0) is 0 Å². The maximum atomic E-state index is 4.32. The van der Waals surface area contributed by atoms with Crippen LogP contribution < -0.4 is 5.32 Å². The Labute approximate surface area is 114 Å². The molecule has 0 aliphatic heterocycles. The molecule has 3 heterocycles. The van der Waals surface area contributed by atoms with Crippen LogP contribution in [0.1, 0.15) is 5.69 Å². The fourth-order valence-corrected chi connectivity index (χ4v) is 2.33. The molecule has 6 heteroatoms. The van der Waals surface area contributed by atoms with Gasteiger partial charge in [-0.2, -0.15) is 5.10 Å². The third-order valence-electron chi connectivity index (χ3n) is 3.26. The molecule has 0 aliphatic carbocycles. The highest BCUT2D eigenvalue weighted by atomic mass is 15.1. The van der Waals surface area contributed by atoms with Crippen molar-refractivity contribution in [1.29, 1.82) is 0 Å². The highest BCUT2D eigenvalue weighted by Gasteiger charge is 2.07. The van der Waals surface area contributed by atoms with E-state index in [-0.39, 0.29) is 0 Å². The smallest absolute Gasteiger partial charge is 0.143 e. The number of hydrogen-bond acceptors (Lipinski definition) is 4. The molecule has 0 fully saturated rings. The van der Waals surface area contributed by atoms with Gasteiger partial charge in [0.05, 0.1) is 17.1 Å². The fraction of sp³-hybridized carbons (Fsp3) is 0.0714. The third-order valence-corrected chi connectivity index (χ3v) is 3.26. The van der Waals surface area contributed by atoms with Crippen molar-refractivity contribution in [2.24, 2.45) is 0 Å². The van der Waals surface area contributed by atoms with Gasteiger partial charge in [-0.15, -0.1) is 0 Å². The molecule has 3 N–H and O–H groups in total. The predicted octanol–water partition coefficient (Wildman–Crippen LogP) is 2.89. The zero-order chi connectivity index (χ0) is 13.5. The van der Waals surface area contributed by atoms with Crippen LogP contribution in [0.25, 0.3) is 21.9 Å². The first-order chi connectivity index (χ1) is 9.79. The molecule has 0 spiro atoms. The average Bonchev–Trinajstić information content (AvgIpc) is 3.04. The number of aromatic nitrogens is 5. The topological polar surface area (TPSA) is 82.3 Å². The van der Waals surface area contributed by atoms with Gasteiger partial charge in [-0.1, -0.05) is 0 Å². The first-order valence-corrected chi connectivity index (χ1v) is 6.30. The molecule has 0 aliphatic rings. The zero-order valence-corrected chi connectivity index (χ0v) is 10.8. The number of nitrogens with one attached hydrogen (secondary N) is 3. The second-order valence-corrected chi connectivity index (χ2v) is 4.73. The zero-order valence-electron chi connectivity index (χ0n) is 10.8. The van der Waals surface area contributed by atoms with Crippen molar-refractivity contribution in [3.8, 4) is 0 Å². The summed E-state index contributed by atoms with van der Waals surface area (Å²) in [7, 11) is 0. The Morgan fingerprint density at radius 1 is 1.15 bits per heavy atom. The SMILES string of the molecule is Cc1cc2c(Nc3ccc4[nH]ncc4c3)ncnc2[nH]1. The minimum atomic E-state index is 0.794. The van der Waals surface area contributed by atoms with Gasteiger partial charge < -0.3 is 10.3 Å². The van der Waals surface area contributed by atoms with Crippen molar-refractivity contribution >= 4 is 33.4 Å². The van der Waals surface area contributed by atoms with E-state index in [4.69, 9.17) is 0 Å². The van der Waals surface area contributed by atoms with E-state index in [0.29, 0.717) is 0 Å². The Balaban J connectivity index is 1.79. The number of aryl methyl sites for hydroxylation is 1. The van der Waals surface area contributed by atoms with Crippen LogP contribution in [0.5, 0.6) is 0 Å². The van der Waals surface area contributed by atoms with Gasteiger partial charge in [-0.05, 0) is 31.2 Å². The van der Waals surface area contributed by atoms with Gasteiger partial charge >= 0.3 is 0 Å². The number of aromatic amines is 2. The predicted molar refractivity (Wildman–Crippen MR) is 78.0 cm³/mol. The average molecular weight is 264 g/mol. The number of H-pyrrole nitrogens is 2. The van der Waals surface area contributed by atoms with Crippen LogP contribution in [0, 0.1) is 6.92 Å². The van der Waals surface area contributed by atoms with Gasteiger partial charge in [-0.3, -0.25) is 5.10 Å². The molecule has 0 amide bonds. The first kappa shape index (κ1) is 11.0. The van der Waals surface area contributed by atoms with Gasteiger partial charge in [0.2, 0.25) is 0 Å². The number of hydrogen-bond donors (Lipinski definition) is 3. The van der Waals surface area contributed by atoms with Crippen LogP contribution in [-0.4, -0.2) is 25.1 Å². The quantitative estimate of drug-likeness (QED) is 0.520. The minimum Gasteiger partial charge on any atom is -0.343 e. The molecule has 1 aromatic carbocycles. The third kappa shape index (κ3) is 1.70. The highest BCUT2D eigenvalue weighted by molar-refractivity contribution is 5.91. The van der Waals surface area contributed by atoms with E-state index in [1.165, 1.54) is 0 Å². The monoisotopic (exact) mass is 264 g/mol. The van der Waals surface area contributed by atoms with Crippen LogP contribution >= 0.6 is 0 Å². The number of anilines is 2. The molecule has 0 bridgehead atoms. The Kier molecular flexibility index (Phi) is 2.23. The molecule has 4 rings (SSSR count). The Morgan fingerprint density at radius 2 is 2.10 bits per heavy atom. The molecule has 0 unspecified atom stereocenters. The van der Waals surface area contributed by atoms with Gasteiger partial charge in [0.15, 0.2) is 0 Å². The van der Waals surface area contributed by atoms with E-state index >= 15 is 0 Å². The summed E-state index contributed by atoms with van der Waals surface area (Å²) >= 11 is 0. The van der Waals surface area contributed by atoms with Crippen molar-refractivity contribution < 1.29 is 0 Å². The minimum absolute atomic E-state index is 0.794. The van der Waals surface area contributed by atoms with Gasteiger partial charge in [0.1, 0.15) is 17.8 Å². The van der Waals surface area contributed by atoms with Crippen molar-refractivity contribution in [3.05, 3.63) is 42.5 Å². The van der Waals surface area contributed by atoms with E-state index in [1.807, 2.05) is 31.2 Å². The van der Waals surface area contributed by atoms with E-state index in [0.717, 1.165) is 39.1 Å². The standard InChI is InChI=1S/C14H12N6/c1-8-4-11-13(18-8)15-7-16-14(11)19-10-2-3-12-9(5-10)6-17-20-12/h2-7H,1H3,(H,17,20)(H2,15,16,18,19). The van der Waals surface area contributed by atoms with Gasteiger partial charge in [-0.25, -0.2) is 9.97 Å². The van der Waals surface area contributed by atoms with E-state index < -0.39 is 0 Å². The first-order valence-electron chi connectivity index (χ1n) is 6.30. The van der Waals surface area contributed by atoms with Crippen molar-refractivity contribution in [2.75, 3.05) is 5.32 Å². The van der Waals surface area contributed by atoms with Crippen LogP contribution in [0.3, 0.4) is 0 Å². The van der Waals surface area contributed by atoms with Crippen molar-refractivity contribution in [2.45, 2.75) is 6.92 Å². The molecule has 98 valence electrons. The molecule has 0 atom stereocenters. The van der Waals surface area contributed by atoms with Crippen LogP contribution in [0.15, 0.2) is 36.8 Å². The number of fused-ring (bicyclic) bond motifs is 2. The van der Waals surface area contributed by atoms with E-state index in [9.17, 15) is 0 Å². The summed E-state index contributed by atoms with van der Waals surface area (Å²) in [6, 6.07) is 8.06. The second kappa shape index (κ2) is 4.06. The molecule has 20 heavy (non-hydrogen) atoms. The number of nitrogens with zero attached hydrogens (tertiary/aromatic N) is 3. The van der Waals surface area contributed by atoms with Gasteiger partial charge in [0, 0.05) is 16.8 Å². The molecule has 0 saturated heterocycles. The summed E-state index contributed by atoms with van der Waals surface area (Å²) in [4.78, 5) is 11.7. The van der Waals surface area contributed by atoms with E-state index in [2.05, 4.69) is 30.5 Å². The largest absolute Gasteiger partial charge is 0.343 e. The van der Waals surface area contributed by atoms with Crippen molar-refractivity contribution in [3.63, 3.8) is 0 Å². The molecular weight excluding hydrogens is 252 g/mol. The maximum absolute atomic E-state index is 4.32. The normalized spacial score (nSPS) is 11.2. The van der Waals surface area contributed by atoms with Crippen LogP contribution in [0.4, 0.5) is 11.5 Å². The Bertz CT molecular complexity index is 904. The van der Waals surface area contributed by atoms with Gasteiger partial charge in [0.25, 0.3) is 0 Å². The summed E-state index contributed by atoms with van der Waals surface area (Å²) in [5.74, 6) is 0.794. The molecule has 4 aromatic rings. The summed E-state index contributed by atoms with van der Waals surface area (Å²) < 4.78 is 0. The lowest BCUT2D eigenvalue weighted by atomic mass is 10.2. The summed E-state index contributed by atoms with van der Waals surface area (Å²) in [5, 5.41) is 12.3. The summed E-state index contributed by atoms with van der Waals surface area (Å²) in [5.41, 5.74) is 3.89. The lowest BCUT2D eigenvalue weighted by Gasteiger charge is -2.06. The summed E-state index contributed by atoms with van der Waals surface area (Å²) in [6.45, 7) is 2.00. The van der Waals surface area contributed by atoms with E-state index in [1.54, 1.807) is 12.5 Å². The van der Waals surface area contributed by atoms with Crippen LogP contribution in [0.2, 0.25) is 0 Å². The Hall–Kier alpha value is -2.89. The Morgan fingerprint density at radius 3 is 3.05 bits per heavy atom. The molecule has 0 radical (unpaired) electrons. The fourth-order valence-electron chi connectivity index (χ4n) is 2.33. The number of benzene rings is 1. The second-order valence-electron chi connectivity index (χ2n) is 4.73.